The Morgan fingerprint density at radius 3 is 2.58 bits per heavy atom. The molecule has 1 aromatic carbocycles. The second-order valence-electron chi connectivity index (χ2n) is 6.81. The van der Waals surface area contributed by atoms with Gasteiger partial charge in [-0.2, -0.15) is 0 Å². The topological polar surface area (TPSA) is 91.1 Å². The number of benzene rings is 1. The maximum absolute atomic E-state index is 12.5. The lowest BCUT2D eigenvalue weighted by Crippen LogP contribution is -2.45. The Kier molecular flexibility index (Phi) is 4.97. The lowest BCUT2D eigenvalue weighted by atomic mass is 9.97. The smallest absolute Gasteiger partial charge is 0.306 e. The van der Waals surface area contributed by atoms with Crippen LogP contribution in [0.25, 0.3) is 11.0 Å². The lowest BCUT2D eigenvalue weighted by Gasteiger charge is -2.31. The highest BCUT2D eigenvalue weighted by Crippen LogP contribution is 2.22. The summed E-state index contributed by atoms with van der Waals surface area (Å²) < 4.78 is 5.59. The van der Waals surface area contributed by atoms with Gasteiger partial charge in [0.2, 0.25) is 5.91 Å². The number of carboxylic acid groups (broad SMARTS) is 1. The summed E-state index contributed by atoms with van der Waals surface area (Å²) in [5, 5.41) is 9.87. The number of hydrogen-bond acceptors (Lipinski definition) is 4. The molecule has 1 aliphatic heterocycles. The van der Waals surface area contributed by atoms with Gasteiger partial charge in [0.05, 0.1) is 12.5 Å². The summed E-state index contributed by atoms with van der Waals surface area (Å²) in [5.74, 6) is -1.54. The number of carbonyl (C=O) groups is 3. The number of fused-ring (bicyclic) bond motifs is 1. The molecule has 3 rings (SSSR count). The van der Waals surface area contributed by atoms with Gasteiger partial charge < -0.3 is 19.3 Å². The molecule has 1 saturated heterocycles. The first kappa shape index (κ1) is 18.0. The molecule has 0 aliphatic carbocycles. The summed E-state index contributed by atoms with van der Waals surface area (Å²) in [6, 6.07) is 7.35. The number of carboxylic acids is 1. The maximum Gasteiger partial charge on any atom is 0.306 e. The molecule has 7 heteroatoms. The molecule has 0 bridgehead atoms. The molecular weight excluding hydrogens is 336 g/mol. The summed E-state index contributed by atoms with van der Waals surface area (Å²) in [5.41, 5.74) is 1.71. The minimum absolute atomic E-state index is 0.0629. The van der Waals surface area contributed by atoms with Crippen LogP contribution < -0.4 is 0 Å². The van der Waals surface area contributed by atoms with Crippen LogP contribution in [-0.2, 0) is 9.59 Å². The van der Waals surface area contributed by atoms with E-state index >= 15 is 0 Å². The number of amides is 2. The van der Waals surface area contributed by atoms with Crippen LogP contribution in [0.2, 0.25) is 0 Å². The minimum atomic E-state index is -0.815. The molecule has 0 radical (unpaired) electrons. The SMILES string of the molecule is Cc1ccc2oc(C(=O)N(C)CC(=O)N3CCC(C(=O)O)CC3)cc2c1. The molecule has 2 heterocycles. The van der Waals surface area contributed by atoms with Gasteiger partial charge in [0.15, 0.2) is 5.76 Å². The molecule has 7 nitrogen and oxygen atoms in total. The van der Waals surface area contributed by atoms with Crippen molar-refractivity contribution < 1.29 is 23.9 Å². The van der Waals surface area contributed by atoms with Gasteiger partial charge in [-0.15, -0.1) is 0 Å². The molecule has 0 unspecified atom stereocenters. The van der Waals surface area contributed by atoms with Gasteiger partial charge in [0, 0.05) is 25.5 Å². The fourth-order valence-electron chi connectivity index (χ4n) is 3.21. The first-order valence-corrected chi connectivity index (χ1v) is 8.61. The van der Waals surface area contributed by atoms with Gasteiger partial charge in [-0.1, -0.05) is 11.6 Å². The fourth-order valence-corrected chi connectivity index (χ4v) is 3.21. The van der Waals surface area contributed by atoms with Crippen molar-refractivity contribution in [1.82, 2.24) is 9.80 Å². The average molecular weight is 358 g/mol. The minimum Gasteiger partial charge on any atom is -0.481 e. The zero-order valence-corrected chi connectivity index (χ0v) is 14.9. The van der Waals surface area contributed by atoms with Gasteiger partial charge >= 0.3 is 5.97 Å². The molecule has 1 aliphatic rings. The molecule has 1 N–H and O–H groups in total. The van der Waals surface area contributed by atoms with E-state index in [1.54, 1.807) is 18.0 Å². The third kappa shape index (κ3) is 3.71. The number of carbonyl (C=O) groups excluding carboxylic acids is 2. The molecule has 138 valence electrons. The average Bonchev–Trinajstić information content (AvgIpc) is 3.04. The molecule has 0 spiro atoms. The molecule has 0 atom stereocenters. The third-order valence-electron chi connectivity index (χ3n) is 4.80. The van der Waals surface area contributed by atoms with E-state index in [2.05, 4.69) is 0 Å². The van der Waals surface area contributed by atoms with E-state index in [1.807, 2.05) is 25.1 Å². The summed E-state index contributed by atoms with van der Waals surface area (Å²) in [4.78, 5) is 38.9. The molecule has 2 aromatic rings. The Morgan fingerprint density at radius 1 is 1.23 bits per heavy atom. The molecule has 2 amide bonds. The van der Waals surface area contributed by atoms with E-state index in [9.17, 15) is 14.4 Å². The number of rotatable bonds is 4. The van der Waals surface area contributed by atoms with Crippen LogP contribution in [0, 0.1) is 12.8 Å². The second kappa shape index (κ2) is 7.19. The van der Waals surface area contributed by atoms with Gasteiger partial charge in [-0.05, 0) is 38.0 Å². The first-order chi connectivity index (χ1) is 12.3. The molecule has 0 saturated carbocycles. The summed E-state index contributed by atoms with van der Waals surface area (Å²) >= 11 is 0. The van der Waals surface area contributed by atoms with E-state index in [1.165, 1.54) is 4.90 Å². The number of aryl methyl sites for hydroxylation is 1. The lowest BCUT2D eigenvalue weighted by molar-refractivity contribution is -0.145. The van der Waals surface area contributed by atoms with Crippen molar-refractivity contribution in [3.8, 4) is 0 Å². The molecule has 26 heavy (non-hydrogen) atoms. The zero-order valence-electron chi connectivity index (χ0n) is 14.9. The normalized spacial score (nSPS) is 15.2. The van der Waals surface area contributed by atoms with Crippen molar-refractivity contribution in [1.29, 1.82) is 0 Å². The van der Waals surface area contributed by atoms with Gasteiger partial charge in [-0.25, -0.2) is 0 Å². The van der Waals surface area contributed by atoms with Crippen molar-refractivity contribution in [2.45, 2.75) is 19.8 Å². The third-order valence-corrected chi connectivity index (χ3v) is 4.80. The summed E-state index contributed by atoms with van der Waals surface area (Å²) in [6.07, 6.45) is 0.892. The molecule has 1 fully saturated rings. The highest BCUT2D eigenvalue weighted by molar-refractivity contribution is 5.97. The van der Waals surface area contributed by atoms with Crippen molar-refractivity contribution in [3.63, 3.8) is 0 Å². The summed E-state index contributed by atoms with van der Waals surface area (Å²) in [6.45, 7) is 2.71. The Morgan fingerprint density at radius 2 is 1.92 bits per heavy atom. The quantitative estimate of drug-likeness (QED) is 0.904. The predicted molar refractivity (Wildman–Crippen MR) is 94.9 cm³/mol. The molecular formula is C19H22N2O5. The fraction of sp³-hybridized carbons (Fsp3) is 0.421. The van der Waals surface area contributed by atoms with E-state index < -0.39 is 11.9 Å². The van der Waals surface area contributed by atoms with Crippen LogP contribution in [0.5, 0.6) is 0 Å². The Hall–Kier alpha value is -2.83. The number of likely N-dealkylation sites (tertiary alicyclic amines) is 1. The van der Waals surface area contributed by atoms with Crippen molar-refractivity contribution in [3.05, 3.63) is 35.6 Å². The first-order valence-electron chi connectivity index (χ1n) is 8.61. The Bertz CT molecular complexity index is 849. The number of piperidine rings is 1. The number of furan rings is 1. The monoisotopic (exact) mass is 358 g/mol. The van der Waals surface area contributed by atoms with Gasteiger partial charge in [-0.3, -0.25) is 14.4 Å². The van der Waals surface area contributed by atoms with E-state index in [4.69, 9.17) is 9.52 Å². The van der Waals surface area contributed by atoms with Crippen LogP contribution in [0.4, 0.5) is 0 Å². The number of nitrogens with zero attached hydrogens (tertiary/aromatic N) is 2. The van der Waals surface area contributed by atoms with Gasteiger partial charge in [0.1, 0.15) is 5.58 Å². The van der Waals surface area contributed by atoms with Crippen LogP contribution in [0.3, 0.4) is 0 Å². The second-order valence-corrected chi connectivity index (χ2v) is 6.81. The van der Waals surface area contributed by atoms with E-state index in [0.717, 1.165) is 10.9 Å². The van der Waals surface area contributed by atoms with Crippen molar-refractivity contribution >= 4 is 28.8 Å². The van der Waals surface area contributed by atoms with Crippen molar-refractivity contribution in [2.75, 3.05) is 26.7 Å². The number of aliphatic carboxylic acids is 1. The number of likely N-dealkylation sites (N-methyl/N-ethyl adjacent to an activating group) is 1. The zero-order chi connectivity index (χ0) is 18.8. The van der Waals surface area contributed by atoms with E-state index in [0.29, 0.717) is 31.5 Å². The highest BCUT2D eigenvalue weighted by Gasteiger charge is 2.28. The Labute approximate surface area is 151 Å². The predicted octanol–water partition coefficient (Wildman–Crippen LogP) is 2.14. The van der Waals surface area contributed by atoms with Crippen LogP contribution in [0.15, 0.2) is 28.7 Å². The standard InChI is InChI=1S/C19H22N2O5/c1-12-3-4-15-14(9-12)10-16(26-15)18(23)20(2)11-17(22)21-7-5-13(6-8-21)19(24)25/h3-4,9-10,13H,5-8,11H2,1-2H3,(H,24,25). The van der Waals surface area contributed by atoms with E-state index in [-0.39, 0.29) is 24.1 Å². The summed E-state index contributed by atoms with van der Waals surface area (Å²) in [7, 11) is 1.56. The van der Waals surface area contributed by atoms with Gasteiger partial charge in [0.25, 0.3) is 5.91 Å². The highest BCUT2D eigenvalue weighted by atomic mass is 16.4. The Balaban J connectivity index is 1.61. The van der Waals surface area contributed by atoms with Crippen LogP contribution in [0.1, 0.15) is 29.0 Å². The maximum atomic E-state index is 12.5. The van der Waals surface area contributed by atoms with Crippen LogP contribution in [-0.4, -0.2) is 59.4 Å². The number of hydrogen-bond donors (Lipinski definition) is 1. The largest absolute Gasteiger partial charge is 0.481 e. The molecule has 1 aromatic heterocycles. The van der Waals surface area contributed by atoms with Crippen molar-refractivity contribution in [2.24, 2.45) is 5.92 Å². The van der Waals surface area contributed by atoms with Crippen LogP contribution >= 0.6 is 0 Å².